The molecule has 0 saturated heterocycles. The number of esters is 1. The van der Waals surface area contributed by atoms with E-state index in [4.69, 9.17) is 16.3 Å². The maximum atomic E-state index is 13.6. The molecule has 0 amide bonds. The number of rotatable bonds is 4. The number of halogens is 3. The van der Waals surface area contributed by atoms with Gasteiger partial charge in [-0.05, 0) is 93.8 Å². The molecule has 1 aromatic heterocycles. The van der Waals surface area contributed by atoms with Crippen molar-refractivity contribution in [1.82, 2.24) is 4.57 Å². The summed E-state index contributed by atoms with van der Waals surface area (Å²) < 4.78 is 8.46. The van der Waals surface area contributed by atoms with Crippen LogP contribution in [0.3, 0.4) is 0 Å². The number of phenols is 1. The van der Waals surface area contributed by atoms with E-state index in [-0.39, 0.29) is 17.9 Å². The molecule has 0 aliphatic carbocycles. The van der Waals surface area contributed by atoms with E-state index in [0.29, 0.717) is 33.7 Å². The fourth-order valence-electron chi connectivity index (χ4n) is 3.57. The van der Waals surface area contributed by atoms with Gasteiger partial charge in [0, 0.05) is 5.02 Å². The molecule has 3 aromatic rings. The first-order valence-electron chi connectivity index (χ1n) is 9.84. The second kappa shape index (κ2) is 9.73. The number of allylic oxidation sites excluding steroid dienone is 1. The smallest absolute Gasteiger partial charge is 0.338 e. The number of fused-ring (bicyclic) bond motifs is 1. The van der Waals surface area contributed by atoms with Crippen LogP contribution in [0.25, 0.3) is 6.08 Å². The second-order valence-electron chi connectivity index (χ2n) is 7.19. The summed E-state index contributed by atoms with van der Waals surface area (Å²) in [5.74, 6) is -0.364. The van der Waals surface area contributed by atoms with Gasteiger partial charge >= 0.3 is 5.97 Å². The van der Waals surface area contributed by atoms with Crippen LogP contribution in [0.2, 0.25) is 5.02 Å². The molecule has 0 fully saturated rings. The molecular formula is C23H17BrClIN2O4S. The summed E-state index contributed by atoms with van der Waals surface area (Å²) in [6, 6.07) is 9.86. The zero-order chi connectivity index (χ0) is 23.9. The van der Waals surface area contributed by atoms with Crippen LogP contribution in [0.5, 0.6) is 5.75 Å². The third kappa shape index (κ3) is 4.68. The van der Waals surface area contributed by atoms with Crippen LogP contribution in [0.1, 0.15) is 31.0 Å². The summed E-state index contributed by atoms with van der Waals surface area (Å²) in [7, 11) is 0. The van der Waals surface area contributed by atoms with Gasteiger partial charge in [-0.1, -0.05) is 35.1 Å². The van der Waals surface area contributed by atoms with Gasteiger partial charge < -0.3 is 9.84 Å². The highest BCUT2D eigenvalue weighted by Gasteiger charge is 2.33. The number of hydrogen-bond donors (Lipinski definition) is 1. The zero-order valence-electron chi connectivity index (χ0n) is 17.4. The lowest BCUT2D eigenvalue weighted by Gasteiger charge is -2.24. The minimum atomic E-state index is -0.689. The first kappa shape index (κ1) is 24.2. The normalized spacial score (nSPS) is 15.9. The molecule has 1 N–H and O–H groups in total. The van der Waals surface area contributed by atoms with E-state index in [0.717, 1.165) is 11.1 Å². The number of nitrogens with zero attached hydrogens (tertiary/aromatic N) is 2. The Hall–Kier alpha value is -1.95. The van der Waals surface area contributed by atoms with Crippen LogP contribution in [-0.4, -0.2) is 22.2 Å². The first-order chi connectivity index (χ1) is 15.7. The zero-order valence-corrected chi connectivity index (χ0v) is 22.8. The van der Waals surface area contributed by atoms with Crippen LogP contribution in [0, 0.1) is 3.57 Å². The predicted molar refractivity (Wildman–Crippen MR) is 140 cm³/mol. The Bertz CT molecular complexity index is 1450. The molecule has 2 aromatic carbocycles. The van der Waals surface area contributed by atoms with Crippen molar-refractivity contribution in [1.29, 1.82) is 0 Å². The number of aromatic nitrogens is 1. The van der Waals surface area contributed by atoms with E-state index in [1.807, 2.05) is 22.6 Å². The molecule has 0 bridgehead atoms. The highest BCUT2D eigenvalue weighted by molar-refractivity contribution is 14.1. The molecule has 6 nitrogen and oxygen atoms in total. The van der Waals surface area contributed by atoms with Gasteiger partial charge in [0.1, 0.15) is 5.75 Å². The first-order valence-corrected chi connectivity index (χ1v) is 12.9. The van der Waals surface area contributed by atoms with E-state index in [1.165, 1.54) is 15.9 Å². The average Bonchev–Trinajstić information content (AvgIpc) is 3.06. The molecular weight excluding hydrogens is 643 g/mol. The van der Waals surface area contributed by atoms with E-state index >= 15 is 0 Å². The fraction of sp³-hybridized carbons (Fsp3) is 0.174. The van der Waals surface area contributed by atoms with Crippen molar-refractivity contribution in [3.05, 3.63) is 91.5 Å². The van der Waals surface area contributed by atoms with Crippen molar-refractivity contribution in [2.24, 2.45) is 4.99 Å². The molecule has 0 saturated carbocycles. The van der Waals surface area contributed by atoms with E-state index in [1.54, 1.807) is 56.3 Å². The highest BCUT2D eigenvalue weighted by atomic mass is 127. The van der Waals surface area contributed by atoms with Crippen molar-refractivity contribution in [2.75, 3.05) is 6.61 Å². The van der Waals surface area contributed by atoms with Crippen molar-refractivity contribution in [3.8, 4) is 5.75 Å². The lowest BCUT2D eigenvalue weighted by Crippen LogP contribution is -2.39. The van der Waals surface area contributed by atoms with Gasteiger partial charge in [0.2, 0.25) is 0 Å². The summed E-state index contributed by atoms with van der Waals surface area (Å²) >= 11 is 12.7. The molecule has 10 heteroatoms. The fourth-order valence-corrected chi connectivity index (χ4v) is 6.24. The van der Waals surface area contributed by atoms with E-state index in [9.17, 15) is 14.7 Å². The molecule has 0 unspecified atom stereocenters. The Balaban J connectivity index is 1.96. The van der Waals surface area contributed by atoms with Crippen molar-refractivity contribution >= 4 is 73.5 Å². The Labute approximate surface area is 220 Å². The Morgan fingerprint density at radius 2 is 2.06 bits per heavy atom. The van der Waals surface area contributed by atoms with Crippen molar-refractivity contribution < 1.29 is 14.6 Å². The number of benzene rings is 2. The van der Waals surface area contributed by atoms with Gasteiger partial charge in [-0.2, -0.15) is 0 Å². The van der Waals surface area contributed by atoms with E-state index < -0.39 is 12.0 Å². The Morgan fingerprint density at radius 3 is 2.70 bits per heavy atom. The molecule has 2 heterocycles. The largest absolute Gasteiger partial charge is 0.506 e. The summed E-state index contributed by atoms with van der Waals surface area (Å²) in [6.07, 6.45) is 1.75. The quantitative estimate of drug-likeness (QED) is 0.330. The second-order valence-corrected chi connectivity index (χ2v) is 10.6. The number of aromatic hydroxyl groups is 1. The van der Waals surface area contributed by atoms with Gasteiger partial charge in [0.05, 0.1) is 36.5 Å². The summed E-state index contributed by atoms with van der Waals surface area (Å²) in [5.41, 5.74) is 2.03. The molecule has 1 aliphatic heterocycles. The minimum absolute atomic E-state index is 0.145. The van der Waals surface area contributed by atoms with Gasteiger partial charge in [-0.15, -0.1) is 0 Å². The van der Waals surface area contributed by atoms with Crippen LogP contribution in [0.4, 0.5) is 0 Å². The molecule has 1 atom stereocenters. The number of ether oxygens (including phenoxy) is 1. The van der Waals surface area contributed by atoms with Crippen LogP contribution in [0.15, 0.2) is 61.9 Å². The number of thiazole rings is 1. The van der Waals surface area contributed by atoms with Crippen molar-refractivity contribution in [3.63, 3.8) is 0 Å². The van der Waals surface area contributed by atoms with Gasteiger partial charge in [-0.3, -0.25) is 9.36 Å². The SMILES string of the molecule is CCOC(=O)C1=C(C)N=c2s/c(=C/c3cc(Br)c(O)c(I)c3)c(=O)n2[C@@H]1c1ccc(Cl)cc1. The van der Waals surface area contributed by atoms with Gasteiger partial charge in [0.15, 0.2) is 4.80 Å². The van der Waals surface area contributed by atoms with Gasteiger partial charge in [0.25, 0.3) is 5.56 Å². The number of phenolic OH excluding ortho intramolecular Hbond substituents is 1. The number of carbonyl (C=O) groups excluding carboxylic acids is 1. The van der Waals surface area contributed by atoms with Crippen molar-refractivity contribution in [2.45, 2.75) is 19.9 Å². The molecule has 1 aliphatic rings. The van der Waals surface area contributed by atoms with Crippen LogP contribution in [-0.2, 0) is 9.53 Å². The molecule has 4 rings (SSSR count). The average molecular weight is 660 g/mol. The maximum Gasteiger partial charge on any atom is 0.338 e. The molecule has 170 valence electrons. The maximum absolute atomic E-state index is 13.6. The third-order valence-corrected chi connectivity index (χ3v) is 7.70. The Kier molecular flexibility index (Phi) is 7.13. The standard InChI is InChI=1S/C23H17BrClIN2O4S/c1-3-32-22(31)18-11(2)27-23-28(19(18)13-4-6-14(25)7-5-13)21(30)17(33-23)10-12-8-15(24)20(29)16(26)9-12/h4-10,19,29H,3H2,1-2H3/b17-10+/t19-/m1/s1. The van der Waals surface area contributed by atoms with Crippen LogP contribution < -0.4 is 14.9 Å². The lowest BCUT2D eigenvalue weighted by molar-refractivity contribution is -0.139. The lowest BCUT2D eigenvalue weighted by atomic mass is 9.96. The summed E-state index contributed by atoms with van der Waals surface area (Å²) in [4.78, 5) is 31.5. The minimum Gasteiger partial charge on any atom is -0.506 e. The number of hydrogen-bond acceptors (Lipinski definition) is 6. The Morgan fingerprint density at radius 1 is 1.36 bits per heavy atom. The topological polar surface area (TPSA) is 80.9 Å². The summed E-state index contributed by atoms with van der Waals surface area (Å²) in [6.45, 7) is 3.69. The summed E-state index contributed by atoms with van der Waals surface area (Å²) in [5, 5.41) is 10.6. The highest BCUT2D eigenvalue weighted by Crippen LogP contribution is 2.32. The van der Waals surface area contributed by atoms with Gasteiger partial charge in [-0.25, -0.2) is 9.79 Å². The molecule has 0 radical (unpaired) electrons. The monoisotopic (exact) mass is 658 g/mol. The molecule has 0 spiro atoms. The van der Waals surface area contributed by atoms with E-state index in [2.05, 4.69) is 20.9 Å². The third-order valence-electron chi connectivity index (χ3n) is 5.04. The number of carbonyl (C=O) groups is 1. The van der Waals surface area contributed by atoms with Crippen LogP contribution >= 0.6 is 61.5 Å². The molecule has 33 heavy (non-hydrogen) atoms. The predicted octanol–water partition coefficient (Wildman–Crippen LogP) is 4.52.